The number of nitrogens with zero attached hydrogens (tertiary/aromatic N) is 1. The van der Waals surface area contributed by atoms with E-state index in [0.29, 0.717) is 19.1 Å². The number of nitrogens with one attached hydrogen (secondary N) is 1. The van der Waals surface area contributed by atoms with Crippen LogP contribution in [0.1, 0.15) is 32.1 Å². The molecule has 0 aromatic carbocycles. The summed E-state index contributed by atoms with van der Waals surface area (Å²) in [6.07, 6.45) is 7.46. The van der Waals surface area contributed by atoms with Crippen LogP contribution in [0.3, 0.4) is 0 Å². The molecule has 1 saturated heterocycles. The molecule has 2 fully saturated rings. The minimum Gasteiger partial charge on any atom is -0.449 e. The Morgan fingerprint density at radius 3 is 2.50 bits per heavy atom. The molecule has 2 heterocycles. The van der Waals surface area contributed by atoms with Crippen LogP contribution in [0.2, 0.25) is 0 Å². The molecule has 2 aliphatic heterocycles. The number of hydrogen-bond donors (Lipinski definition) is 1. The SMILES string of the molecule is O=C(NC1C[N+]12C(=O)C=CC2=O)OCC1CCCCC1. The Morgan fingerprint density at radius 1 is 1.20 bits per heavy atom. The lowest BCUT2D eigenvalue weighted by molar-refractivity contribution is -0.645. The number of quaternary nitrogens is 1. The summed E-state index contributed by atoms with van der Waals surface area (Å²) in [6, 6.07) is 0. The van der Waals surface area contributed by atoms with Crippen LogP contribution in [0.25, 0.3) is 0 Å². The fraction of sp³-hybridized carbons (Fsp3) is 0.643. The Labute approximate surface area is 117 Å². The lowest BCUT2D eigenvalue weighted by Crippen LogP contribution is -2.42. The number of carbonyl (C=O) groups is 3. The molecule has 1 spiro atoms. The minimum absolute atomic E-state index is 0.257. The lowest BCUT2D eigenvalue weighted by Gasteiger charge is -2.21. The van der Waals surface area contributed by atoms with Gasteiger partial charge in [-0.1, -0.05) is 19.3 Å². The molecular formula is C14H19N2O4+. The number of carbonyl (C=O) groups excluding carboxylic acids is 3. The number of rotatable bonds is 3. The molecule has 1 N–H and O–H groups in total. The van der Waals surface area contributed by atoms with Crippen molar-refractivity contribution in [3.05, 3.63) is 12.2 Å². The third-order valence-corrected chi connectivity index (χ3v) is 4.47. The van der Waals surface area contributed by atoms with Crippen LogP contribution in [0.15, 0.2) is 12.2 Å². The molecule has 1 atom stereocenters. The fourth-order valence-corrected chi connectivity index (χ4v) is 3.11. The zero-order valence-electron chi connectivity index (χ0n) is 11.3. The van der Waals surface area contributed by atoms with E-state index in [9.17, 15) is 14.4 Å². The van der Waals surface area contributed by atoms with Crippen LogP contribution < -0.4 is 5.32 Å². The summed E-state index contributed by atoms with van der Waals surface area (Å²) in [6.45, 7) is 0.766. The summed E-state index contributed by atoms with van der Waals surface area (Å²) in [5.41, 5.74) is 0. The molecule has 3 amide bonds. The topological polar surface area (TPSA) is 72.5 Å². The van der Waals surface area contributed by atoms with Crippen molar-refractivity contribution in [2.45, 2.75) is 38.3 Å². The predicted octanol–water partition coefficient (Wildman–Crippen LogP) is 1.07. The molecule has 1 saturated carbocycles. The molecule has 0 bridgehead atoms. The third-order valence-electron chi connectivity index (χ3n) is 4.47. The van der Waals surface area contributed by atoms with Gasteiger partial charge in [-0.15, -0.1) is 0 Å². The molecule has 0 radical (unpaired) electrons. The summed E-state index contributed by atoms with van der Waals surface area (Å²) in [5, 5.41) is 2.62. The molecule has 20 heavy (non-hydrogen) atoms. The van der Waals surface area contributed by atoms with Crippen LogP contribution in [-0.2, 0) is 14.3 Å². The summed E-state index contributed by atoms with van der Waals surface area (Å²) in [4.78, 5) is 35.0. The Kier molecular flexibility index (Phi) is 3.33. The average molecular weight is 279 g/mol. The van der Waals surface area contributed by atoms with Crippen LogP contribution in [-0.4, -0.2) is 41.7 Å². The molecule has 6 heteroatoms. The Bertz CT molecular complexity index is 462. The smallest absolute Gasteiger partial charge is 0.411 e. The van der Waals surface area contributed by atoms with E-state index in [1.54, 1.807) is 0 Å². The van der Waals surface area contributed by atoms with E-state index in [-0.39, 0.29) is 16.3 Å². The first-order chi connectivity index (χ1) is 9.63. The van der Waals surface area contributed by atoms with Crippen LogP contribution in [0, 0.1) is 5.92 Å². The minimum atomic E-state index is -0.525. The Hall–Kier alpha value is -1.69. The maximum atomic E-state index is 11.7. The monoisotopic (exact) mass is 279 g/mol. The zero-order chi connectivity index (χ0) is 14.2. The highest BCUT2D eigenvalue weighted by Gasteiger charge is 2.68. The van der Waals surface area contributed by atoms with Gasteiger partial charge in [-0.2, -0.15) is 4.48 Å². The van der Waals surface area contributed by atoms with Crippen LogP contribution in [0.5, 0.6) is 0 Å². The molecule has 0 aromatic heterocycles. The van der Waals surface area contributed by atoms with Crippen LogP contribution >= 0.6 is 0 Å². The van der Waals surface area contributed by atoms with E-state index in [1.165, 1.54) is 31.4 Å². The maximum Gasteiger partial charge on any atom is 0.411 e. The van der Waals surface area contributed by atoms with Gasteiger partial charge in [-0.3, -0.25) is 5.32 Å². The first kappa shape index (κ1) is 13.3. The lowest BCUT2D eigenvalue weighted by atomic mass is 9.90. The second-order valence-electron chi connectivity index (χ2n) is 5.82. The largest absolute Gasteiger partial charge is 0.449 e. The van der Waals surface area contributed by atoms with Gasteiger partial charge in [0.05, 0.1) is 18.8 Å². The number of imide groups is 1. The maximum absolute atomic E-state index is 11.7. The number of alkyl carbamates (subject to hydrolysis) is 1. The predicted molar refractivity (Wildman–Crippen MR) is 69.1 cm³/mol. The fourth-order valence-electron chi connectivity index (χ4n) is 3.11. The second kappa shape index (κ2) is 5.01. The molecule has 3 rings (SSSR count). The highest BCUT2D eigenvalue weighted by Crippen LogP contribution is 2.34. The van der Waals surface area contributed by atoms with E-state index in [2.05, 4.69) is 5.32 Å². The van der Waals surface area contributed by atoms with E-state index < -0.39 is 12.3 Å². The number of ether oxygens (including phenoxy) is 1. The Balaban J connectivity index is 1.44. The van der Waals surface area contributed by atoms with E-state index in [0.717, 1.165) is 12.8 Å². The highest BCUT2D eigenvalue weighted by molar-refractivity contribution is 6.05. The highest BCUT2D eigenvalue weighted by atomic mass is 16.5. The van der Waals surface area contributed by atoms with Crippen molar-refractivity contribution < 1.29 is 23.6 Å². The summed E-state index contributed by atoms with van der Waals surface area (Å²) in [7, 11) is 0. The van der Waals surface area contributed by atoms with Gasteiger partial charge in [0, 0.05) is 0 Å². The van der Waals surface area contributed by atoms with Gasteiger partial charge in [-0.05, 0) is 18.8 Å². The first-order valence-electron chi connectivity index (χ1n) is 7.21. The van der Waals surface area contributed by atoms with Crippen molar-refractivity contribution in [1.82, 2.24) is 5.32 Å². The first-order valence-corrected chi connectivity index (χ1v) is 7.21. The van der Waals surface area contributed by atoms with Crippen molar-refractivity contribution in [1.29, 1.82) is 0 Å². The zero-order valence-corrected chi connectivity index (χ0v) is 11.3. The van der Waals surface area contributed by atoms with Gasteiger partial charge < -0.3 is 4.74 Å². The summed E-state index contributed by atoms with van der Waals surface area (Å²) < 4.78 is 4.91. The number of hydrogen-bond acceptors (Lipinski definition) is 4. The van der Waals surface area contributed by atoms with Gasteiger partial charge in [0.15, 0.2) is 6.54 Å². The van der Waals surface area contributed by atoms with E-state index >= 15 is 0 Å². The van der Waals surface area contributed by atoms with Gasteiger partial charge in [0.2, 0.25) is 6.17 Å². The van der Waals surface area contributed by atoms with Crippen molar-refractivity contribution in [2.24, 2.45) is 5.92 Å². The quantitative estimate of drug-likeness (QED) is 0.476. The van der Waals surface area contributed by atoms with Gasteiger partial charge >= 0.3 is 17.9 Å². The third kappa shape index (κ3) is 2.24. The van der Waals surface area contributed by atoms with Crippen molar-refractivity contribution >= 4 is 17.9 Å². The molecule has 108 valence electrons. The Morgan fingerprint density at radius 2 is 1.85 bits per heavy atom. The normalized spacial score (nSPS) is 27.9. The van der Waals surface area contributed by atoms with E-state index in [4.69, 9.17) is 4.74 Å². The average Bonchev–Trinajstić information content (AvgIpc) is 3.11. The van der Waals surface area contributed by atoms with Crippen LogP contribution in [0.4, 0.5) is 4.79 Å². The standard InChI is InChI=1S/C14H18N2O4/c17-12-6-7-13(18)16(12)8-11(16)15-14(19)20-9-10-4-2-1-3-5-10/h6-7,10-11H,1-5,8-9H2/p+1. The summed E-state index contributed by atoms with van der Waals surface area (Å²) in [5.74, 6) is -0.0614. The van der Waals surface area contributed by atoms with Crippen molar-refractivity contribution in [3.8, 4) is 0 Å². The van der Waals surface area contributed by atoms with Gasteiger partial charge in [0.25, 0.3) is 0 Å². The van der Waals surface area contributed by atoms with E-state index in [1.807, 2.05) is 0 Å². The molecule has 1 unspecified atom stereocenters. The molecule has 0 aromatic rings. The van der Waals surface area contributed by atoms with Crippen molar-refractivity contribution in [3.63, 3.8) is 0 Å². The van der Waals surface area contributed by atoms with Gasteiger partial charge in [-0.25, -0.2) is 14.4 Å². The molecule has 6 nitrogen and oxygen atoms in total. The molecule has 1 aliphatic carbocycles. The second-order valence-corrected chi connectivity index (χ2v) is 5.82. The molecular weight excluding hydrogens is 260 g/mol. The van der Waals surface area contributed by atoms with Crippen molar-refractivity contribution in [2.75, 3.05) is 13.2 Å². The number of amides is 3. The van der Waals surface area contributed by atoms with Gasteiger partial charge in [0.1, 0.15) is 0 Å². The summed E-state index contributed by atoms with van der Waals surface area (Å²) >= 11 is 0. The molecule has 3 aliphatic rings.